The molecule has 1 aromatic carbocycles. The second-order valence-corrected chi connectivity index (χ2v) is 3.78. The van der Waals surface area contributed by atoms with E-state index in [0.29, 0.717) is 0 Å². The van der Waals surface area contributed by atoms with Gasteiger partial charge in [0.1, 0.15) is 0 Å². The van der Waals surface area contributed by atoms with Gasteiger partial charge in [0, 0.05) is 11.1 Å². The first-order valence-corrected chi connectivity index (χ1v) is 4.58. The van der Waals surface area contributed by atoms with E-state index in [1.165, 1.54) is 21.6 Å². The molecule has 0 radical (unpaired) electrons. The molecule has 0 spiro atoms. The van der Waals surface area contributed by atoms with Crippen molar-refractivity contribution in [3.8, 4) is 0 Å². The Hall–Kier alpha value is -1.09. The van der Waals surface area contributed by atoms with Crippen molar-refractivity contribution in [1.82, 2.24) is 4.37 Å². The SMILES string of the molecule is Cc1cc2snc(C)c2cc1N. The lowest BCUT2D eigenvalue weighted by Crippen LogP contribution is -1.88. The Morgan fingerprint density at radius 3 is 2.83 bits per heavy atom. The summed E-state index contributed by atoms with van der Waals surface area (Å²) in [6, 6.07) is 4.10. The summed E-state index contributed by atoms with van der Waals surface area (Å²) in [5, 5.41) is 1.18. The molecule has 62 valence electrons. The van der Waals surface area contributed by atoms with Crippen LogP contribution in [0.3, 0.4) is 0 Å². The number of hydrogen-bond donors (Lipinski definition) is 1. The van der Waals surface area contributed by atoms with Crippen LogP contribution in [0.25, 0.3) is 10.1 Å². The molecule has 1 aromatic heterocycles. The smallest absolute Gasteiger partial charge is 0.0590 e. The first-order chi connectivity index (χ1) is 5.68. The van der Waals surface area contributed by atoms with Gasteiger partial charge in [-0.3, -0.25) is 0 Å². The predicted octanol–water partition coefficient (Wildman–Crippen LogP) is 2.50. The Morgan fingerprint density at radius 1 is 1.33 bits per heavy atom. The monoisotopic (exact) mass is 178 g/mol. The number of nitrogens with zero attached hydrogens (tertiary/aromatic N) is 1. The van der Waals surface area contributed by atoms with Gasteiger partial charge in [-0.25, -0.2) is 0 Å². The molecule has 0 saturated heterocycles. The van der Waals surface area contributed by atoms with Crippen LogP contribution in [0.4, 0.5) is 5.69 Å². The highest BCUT2D eigenvalue weighted by molar-refractivity contribution is 7.13. The van der Waals surface area contributed by atoms with E-state index in [4.69, 9.17) is 5.73 Å². The number of fused-ring (bicyclic) bond motifs is 1. The highest BCUT2D eigenvalue weighted by Gasteiger charge is 2.03. The van der Waals surface area contributed by atoms with Crippen LogP contribution in [0.15, 0.2) is 12.1 Å². The lowest BCUT2D eigenvalue weighted by Gasteiger charge is -1.98. The van der Waals surface area contributed by atoms with E-state index >= 15 is 0 Å². The van der Waals surface area contributed by atoms with Crippen molar-refractivity contribution in [3.05, 3.63) is 23.4 Å². The number of nitrogens with two attached hydrogens (primary N) is 1. The topological polar surface area (TPSA) is 38.9 Å². The third kappa shape index (κ3) is 0.975. The molecule has 0 aliphatic carbocycles. The van der Waals surface area contributed by atoms with Gasteiger partial charge in [-0.05, 0) is 43.1 Å². The van der Waals surface area contributed by atoms with Crippen molar-refractivity contribution in [3.63, 3.8) is 0 Å². The van der Waals surface area contributed by atoms with Crippen molar-refractivity contribution in [1.29, 1.82) is 0 Å². The number of anilines is 1. The highest BCUT2D eigenvalue weighted by Crippen LogP contribution is 2.26. The van der Waals surface area contributed by atoms with Gasteiger partial charge < -0.3 is 5.73 Å². The molecule has 3 heteroatoms. The molecule has 0 atom stereocenters. The van der Waals surface area contributed by atoms with E-state index in [-0.39, 0.29) is 0 Å². The van der Waals surface area contributed by atoms with Gasteiger partial charge in [-0.1, -0.05) is 0 Å². The van der Waals surface area contributed by atoms with Gasteiger partial charge >= 0.3 is 0 Å². The summed E-state index contributed by atoms with van der Waals surface area (Å²) in [7, 11) is 0. The molecule has 0 unspecified atom stereocenters. The Bertz CT molecular complexity index is 431. The van der Waals surface area contributed by atoms with E-state index < -0.39 is 0 Å². The second-order valence-electron chi connectivity index (χ2n) is 2.97. The van der Waals surface area contributed by atoms with Gasteiger partial charge in [-0.2, -0.15) is 4.37 Å². The Labute approximate surface area is 75.2 Å². The number of aromatic nitrogens is 1. The summed E-state index contributed by atoms with van der Waals surface area (Å²) in [5.41, 5.74) is 8.85. The minimum absolute atomic E-state index is 0.853. The second kappa shape index (κ2) is 2.45. The van der Waals surface area contributed by atoms with Crippen LogP contribution >= 0.6 is 11.5 Å². The fraction of sp³-hybridized carbons (Fsp3) is 0.222. The van der Waals surface area contributed by atoms with E-state index in [1.807, 2.05) is 19.9 Å². The average Bonchev–Trinajstić information content (AvgIpc) is 2.35. The minimum Gasteiger partial charge on any atom is -0.398 e. The summed E-state index contributed by atoms with van der Waals surface area (Å²) in [6.07, 6.45) is 0. The maximum atomic E-state index is 5.79. The van der Waals surface area contributed by atoms with Crippen molar-refractivity contribution < 1.29 is 0 Å². The normalized spacial score (nSPS) is 10.8. The van der Waals surface area contributed by atoms with Crippen molar-refractivity contribution >= 4 is 27.3 Å². The van der Waals surface area contributed by atoms with Crippen LogP contribution in [0.1, 0.15) is 11.3 Å². The number of hydrogen-bond acceptors (Lipinski definition) is 3. The molecule has 2 nitrogen and oxygen atoms in total. The molecule has 1 heterocycles. The van der Waals surface area contributed by atoms with E-state index in [1.54, 1.807) is 0 Å². The molecular weight excluding hydrogens is 168 g/mol. The summed E-state index contributed by atoms with van der Waals surface area (Å²) in [5.74, 6) is 0. The lowest BCUT2D eigenvalue weighted by molar-refractivity contribution is 1.37. The van der Waals surface area contributed by atoms with Crippen LogP contribution in [0, 0.1) is 13.8 Å². The molecule has 0 aliphatic rings. The molecule has 12 heavy (non-hydrogen) atoms. The quantitative estimate of drug-likeness (QED) is 0.629. The number of rotatable bonds is 0. The molecule has 2 aromatic rings. The first-order valence-electron chi connectivity index (χ1n) is 3.80. The van der Waals surface area contributed by atoms with Crippen molar-refractivity contribution in [2.24, 2.45) is 0 Å². The fourth-order valence-corrected chi connectivity index (χ4v) is 2.09. The number of benzene rings is 1. The summed E-state index contributed by atoms with van der Waals surface area (Å²) >= 11 is 1.53. The van der Waals surface area contributed by atoms with Gasteiger partial charge in [-0.15, -0.1) is 0 Å². The predicted molar refractivity (Wildman–Crippen MR) is 53.5 cm³/mol. The molecule has 0 amide bonds. The lowest BCUT2D eigenvalue weighted by atomic mass is 10.1. The van der Waals surface area contributed by atoms with Crippen LogP contribution < -0.4 is 5.73 Å². The third-order valence-corrected chi connectivity index (χ3v) is 2.94. The largest absolute Gasteiger partial charge is 0.398 e. The molecule has 2 N–H and O–H groups in total. The molecule has 0 bridgehead atoms. The average molecular weight is 178 g/mol. The zero-order valence-electron chi connectivity index (χ0n) is 7.09. The first kappa shape index (κ1) is 7.55. The van der Waals surface area contributed by atoms with Crippen LogP contribution in [-0.4, -0.2) is 4.37 Å². The molecular formula is C9H10N2S. The minimum atomic E-state index is 0.853. The van der Waals surface area contributed by atoms with Gasteiger partial charge in [0.05, 0.1) is 10.4 Å². The standard InChI is InChI=1S/C9H10N2S/c1-5-3-9-7(4-8(5)10)6(2)11-12-9/h3-4H,10H2,1-2H3. The Kier molecular flexibility index (Phi) is 1.54. The van der Waals surface area contributed by atoms with Crippen LogP contribution in [-0.2, 0) is 0 Å². The maximum absolute atomic E-state index is 5.79. The Morgan fingerprint density at radius 2 is 2.08 bits per heavy atom. The number of aryl methyl sites for hydroxylation is 2. The van der Waals surface area contributed by atoms with E-state index in [2.05, 4.69) is 10.4 Å². The van der Waals surface area contributed by atoms with Crippen molar-refractivity contribution in [2.75, 3.05) is 5.73 Å². The van der Waals surface area contributed by atoms with E-state index in [9.17, 15) is 0 Å². The third-order valence-electron chi connectivity index (χ3n) is 2.04. The highest BCUT2D eigenvalue weighted by atomic mass is 32.1. The molecule has 0 fully saturated rings. The van der Waals surface area contributed by atoms with Gasteiger partial charge in [0.25, 0.3) is 0 Å². The van der Waals surface area contributed by atoms with E-state index in [0.717, 1.165) is 16.9 Å². The fourth-order valence-electron chi connectivity index (χ4n) is 1.22. The van der Waals surface area contributed by atoms with Gasteiger partial charge in [0.15, 0.2) is 0 Å². The maximum Gasteiger partial charge on any atom is 0.0590 e. The van der Waals surface area contributed by atoms with Crippen molar-refractivity contribution in [2.45, 2.75) is 13.8 Å². The molecule has 0 aliphatic heterocycles. The summed E-state index contributed by atoms with van der Waals surface area (Å²) < 4.78 is 5.49. The van der Waals surface area contributed by atoms with Crippen LogP contribution in [0.5, 0.6) is 0 Å². The molecule has 2 rings (SSSR count). The zero-order chi connectivity index (χ0) is 8.72. The van der Waals surface area contributed by atoms with Gasteiger partial charge in [0.2, 0.25) is 0 Å². The summed E-state index contributed by atoms with van der Waals surface area (Å²) in [6.45, 7) is 4.03. The van der Waals surface area contributed by atoms with Crippen LogP contribution in [0.2, 0.25) is 0 Å². The molecule has 0 saturated carbocycles. The Balaban J connectivity index is 2.87. The zero-order valence-corrected chi connectivity index (χ0v) is 7.90. The number of nitrogen functional groups attached to an aromatic ring is 1. The summed E-state index contributed by atoms with van der Waals surface area (Å²) in [4.78, 5) is 0.